The van der Waals surface area contributed by atoms with Crippen LogP contribution in [0, 0.1) is 11.8 Å². The topological polar surface area (TPSA) is 66.4 Å². The van der Waals surface area contributed by atoms with E-state index in [2.05, 4.69) is 24.0 Å². The molecule has 0 radical (unpaired) electrons. The first-order chi connectivity index (χ1) is 9.11. The second-order valence-corrected chi connectivity index (χ2v) is 5.20. The number of benzene rings is 1. The number of carboxylic acids is 1. The molecule has 5 heteroatoms. The van der Waals surface area contributed by atoms with E-state index in [0.717, 1.165) is 6.42 Å². The third-order valence-corrected chi connectivity index (χ3v) is 4.06. The van der Waals surface area contributed by atoms with Crippen molar-refractivity contribution in [3.05, 3.63) is 35.4 Å². The highest BCUT2D eigenvalue weighted by molar-refractivity contribution is 7.80. The molecule has 19 heavy (non-hydrogen) atoms. The minimum absolute atomic E-state index is 0.159. The molecule has 0 saturated carbocycles. The molecule has 2 N–H and O–H groups in total. The number of fused-ring (bicyclic) bond motifs is 1. The van der Waals surface area contributed by atoms with Gasteiger partial charge in [0.15, 0.2) is 0 Å². The first-order valence-electron chi connectivity index (χ1n) is 6.29. The lowest BCUT2D eigenvalue weighted by molar-refractivity contribution is -0.138. The number of carboxylic acid groups (broad SMARTS) is 1. The second kappa shape index (κ2) is 6.10. The van der Waals surface area contributed by atoms with Crippen LogP contribution in [-0.2, 0) is 22.4 Å². The van der Waals surface area contributed by atoms with Crippen molar-refractivity contribution in [1.82, 2.24) is 5.32 Å². The second-order valence-electron chi connectivity index (χ2n) is 4.84. The van der Waals surface area contributed by atoms with Crippen LogP contribution in [0.2, 0.25) is 0 Å². The van der Waals surface area contributed by atoms with Gasteiger partial charge >= 0.3 is 5.97 Å². The van der Waals surface area contributed by atoms with Crippen LogP contribution < -0.4 is 5.32 Å². The van der Waals surface area contributed by atoms with E-state index in [1.165, 1.54) is 11.1 Å². The van der Waals surface area contributed by atoms with E-state index in [1.54, 1.807) is 0 Å². The van der Waals surface area contributed by atoms with Gasteiger partial charge in [0.2, 0.25) is 5.91 Å². The molecule has 1 aliphatic carbocycles. The molecule has 0 heterocycles. The van der Waals surface area contributed by atoms with Crippen molar-refractivity contribution in [3.63, 3.8) is 0 Å². The van der Waals surface area contributed by atoms with E-state index in [-0.39, 0.29) is 24.3 Å². The lowest BCUT2D eigenvalue weighted by Gasteiger charge is -2.31. The van der Waals surface area contributed by atoms with Crippen LogP contribution in [0.4, 0.5) is 0 Å². The average molecular weight is 279 g/mol. The molecule has 4 nitrogen and oxygen atoms in total. The van der Waals surface area contributed by atoms with E-state index in [4.69, 9.17) is 5.11 Å². The van der Waals surface area contributed by atoms with Crippen LogP contribution in [0.1, 0.15) is 11.1 Å². The third-order valence-electron chi connectivity index (χ3n) is 3.59. The quantitative estimate of drug-likeness (QED) is 0.724. The molecule has 1 aromatic carbocycles. The molecular formula is C14H17NO3S. The van der Waals surface area contributed by atoms with Crippen molar-refractivity contribution in [2.45, 2.75) is 12.8 Å². The molecular weight excluding hydrogens is 262 g/mol. The SMILES string of the molecule is O=C(O)CNC(=O)C1Cc2ccccc2CC1CS. The summed E-state index contributed by atoms with van der Waals surface area (Å²) < 4.78 is 0. The zero-order chi connectivity index (χ0) is 13.8. The molecule has 2 rings (SSSR count). The fraction of sp³-hybridized carbons (Fsp3) is 0.429. The number of hydrogen-bond donors (Lipinski definition) is 3. The predicted molar refractivity (Wildman–Crippen MR) is 75.3 cm³/mol. The summed E-state index contributed by atoms with van der Waals surface area (Å²) in [6, 6.07) is 8.07. The molecule has 0 bridgehead atoms. The average Bonchev–Trinajstić information content (AvgIpc) is 2.43. The van der Waals surface area contributed by atoms with Crippen LogP contribution >= 0.6 is 12.6 Å². The minimum Gasteiger partial charge on any atom is -0.480 e. The summed E-state index contributed by atoms with van der Waals surface area (Å²) >= 11 is 4.32. The number of rotatable bonds is 4. The Morgan fingerprint density at radius 1 is 1.26 bits per heavy atom. The fourth-order valence-corrected chi connectivity index (χ4v) is 2.96. The van der Waals surface area contributed by atoms with Crippen molar-refractivity contribution in [1.29, 1.82) is 0 Å². The molecule has 0 aromatic heterocycles. The zero-order valence-corrected chi connectivity index (χ0v) is 11.4. The van der Waals surface area contributed by atoms with Gasteiger partial charge in [-0.25, -0.2) is 0 Å². The largest absolute Gasteiger partial charge is 0.480 e. The lowest BCUT2D eigenvalue weighted by Crippen LogP contribution is -2.41. The third kappa shape index (κ3) is 3.29. The number of carbonyl (C=O) groups is 2. The molecule has 1 amide bonds. The van der Waals surface area contributed by atoms with Gasteiger partial charge in [0, 0.05) is 5.92 Å². The van der Waals surface area contributed by atoms with E-state index < -0.39 is 5.97 Å². The molecule has 1 aliphatic rings. The summed E-state index contributed by atoms with van der Waals surface area (Å²) in [4.78, 5) is 22.6. The monoisotopic (exact) mass is 279 g/mol. The predicted octanol–water partition coefficient (Wildman–Crippen LogP) is 1.15. The summed E-state index contributed by atoms with van der Waals surface area (Å²) in [5.41, 5.74) is 2.44. The summed E-state index contributed by atoms with van der Waals surface area (Å²) in [6.07, 6.45) is 1.48. The summed E-state index contributed by atoms with van der Waals surface area (Å²) in [7, 11) is 0. The van der Waals surface area contributed by atoms with Gasteiger partial charge in [0.1, 0.15) is 6.54 Å². The molecule has 2 atom stereocenters. The first kappa shape index (κ1) is 13.9. The molecule has 102 valence electrons. The van der Waals surface area contributed by atoms with E-state index >= 15 is 0 Å². The molecule has 2 unspecified atom stereocenters. The van der Waals surface area contributed by atoms with Crippen LogP contribution in [0.3, 0.4) is 0 Å². The van der Waals surface area contributed by atoms with E-state index in [9.17, 15) is 9.59 Å². The summed E-state index contributed by atoms with van der Waals surface area (Å²) in [5, 5.41) is 11.1. The normalized spacial score (nSPS) is 21.5. The van der Waals surface area contributed by atoms with Gasteiger partial charge in [-0.15, -0.1) is 0 Å². The number of hydrogen-bond acceptors (Lipinski definition) is 3. The molecule has 1 aromatic rings. The Balaban J connectivity index is 2.12. The maximum atomic E-state index is 12.1. The van der Waals surface area contributed by atoms with Crippen molar-refractivity contribution < 1.29 is 14.7 Å². The highest BCUT2D eigenvalue weighted by atomic mass is 32.1. The maximum absolute atomic E-state index is 12.1. The lowest BCUT2D eigenvalue weighted by atomic mass is 9.76. The number of carbonyl (C=O) groups excluding carboxylic acids is 1. The van der Waals surface area contributed by atoms with E-state index in [0.29, 0.717) is 12.2 Å². The van der Waals surface area contributed by atoms with Crippen LogP contribution in [0.25, 0.3) is 0 Å². The van der Waals surface area contributed by atoms with E-state index in [1.807, 2.05) is 18.2 Å². The highest BCUT2D eigenvalue weighted by Gasteiger charge is 2.32. The Hall–Kier alpha value is -1.49. The van der Waals surface area contributed by atoms with Crippen LogP contribution in [-0.4, -0.2) is 29.3 Å². The number of thiol groups is 1. The number of nitrogens with one attached hydrogen (secondary N) is 1. The van der Waals surface area contributed by atoms with Gasteiger partial charge in [-0.05, 0) is 35.6 Å². The molecule has 0 spiro atoms. The first-order valence-corrected chi connectivity index (χ1v) is 6.92. The van der Waals surface area contributed by atoms with Crippen LogP contribution in [0.15, 0.2) is 24.3 Å². The van der Waals surface area contributed by atoms with Gasteiger partial charge in [0.05, 0.1) is 0 Å². The maximum Gasteiger partial charge on any atom is 0.322 e. The summed E-state index contributed by atoms with van der Waals surface area (Å²) in [5.74, 6) is -0.610. The highest BCUT2D eigenvalue weighted by Crippen LogP contribution is 2.31. The Morgan fingerprint density at radius 3 is 2.47 bits per heavy atom. The molecule has 0 saturated heterocycles. The molecule has 0 aliphatic heterocycles. The van der Waals surface area contributed by atoms with Gasteiger partial charge in [0.25, 0.3) is 0 Å². The van der Waals surface area contributed by atoms with Crippen molar-refractivity contribution in [2.75, 3.05) is 12.3 Å². The number of amides is 1. The Morgan fingerprint density at radius 2 is 1.89 bits per heavy atom. The van der Waals surface area contributed by atoms with Crippen molar-refractivity contribution >= 4 is 24.5 Å². The fourth-order valence-electron chi connectivity index (χ4n) is 2.58. The smallest absolute Gasteiger partial charge is 0.322 e. The zero-order valence-electron chi connectivity index (χ0n) is 10.5. The number of aliphatic carboxylic acids is 1. The van der Waals surface area contributed by atoms with Crippen LogP contribution in [0.5, 0.6) is 0 Å². The minimum atomic E-state index is -1.02. The molecule has 0 fully saturated rings. The Labute approximate surface area is 117 Å². The van der Waals surface area contributed by atoms with Gasteiger partial charge in [-0.1, -0.05) is 24.3 Å². The van der Waals surface area contributed by atoms with Crippen molar-refractivity contribution in [2.24, 2.45) is 11.8 Å². The van der Waals surface area contributed by atoms with Gasteiger partial charge < -0.3 is 10.4 Å². The van der Waals surface area contributed by atoms with Crippen molar-refractivity contribution in [3.8, 4) is 0 Å². The van der Waals surface area contributed by atoms with Gasteiger partial charge in [-0.2, -0.15) is 12.6 Å². The Kier molecular flexibility index (Phi) is 4.47. The standard InChI is InChI=1S/C14H17NO3S/c16-13(17)7-15-14(18)12-6-10-4-2-1-3-9(10)5-11(12)8-19/h1-4,11-12,19H,5-8H2,(H,15,18)(H,16,17). The Bertz CT molecular complexity index is 489. The summed E-state index contributed by atoms with van der Waals surface area (Å²) in [6.45, 7) is -0.323. The van der Waals surface area contributed by atoms with Gasteiger partial charge in [-0.3, -0.25) is 9.59 Å².